The maximum Gasteiger partial charge on any atom is 0.258 e. The number of aromatic nitrogens is 1. The van der Waals surface area contributed by atoms with Crippen molar-refractivity contribution in [3.05, 3.63) is 58.0 Å². The van der Waals surface area contributed by atoms with Gasteiger partial charge in [0.1, 0.15) is 5.82 Å². The van der Waals surface area contributed by atoms with Gasteiger partial charge in [-0.25, -0.2) is 4.98 Å². The summed E-state index contributed by atoms with van der Waals surface area (Å²) in [7, 11) is 0. The Balaban J connectivity index is 2.24. The van der Waals surface area contributed by atoms with Crippen LogP contribution in [0.1, 0.15) is 10.4 Å². The van der Waals surface area contributed by atoms with Crippen LogP contribution in [0.5, 0.6) is 0 Å². The predicted octanol–water partition coefficient (Wildman–Crippen LogP) is 3.78. The van der Waals surface area contributed by atoms with Crippen LogP contribution in [0.3, 0.4) is 0 Å². The van der Waals surface area contributed by atoms with Gasteiger partial charge in [-0.15, -0.1) is 0 Å². The number of nitrogens with one attached hydrogen (secondary N) is 1. The molecule has 0 saturated carbocycles. The fourth-order valence-electron chi connectivity index (χ4n) is 1.33. The van der Waals surface area contributed by atoms with Gasteiger partial charge in [0.25, 0.3) is 5.91 Å². The molecular formula is C12H7Cl2FN2O. The molecule has 0 radical (unpaired) electrons. The highest BCUT2D eigenvalue weighted by Gasteiger charge is 2.12. The first-order valence-electron chi connectivity index (χ1n) is 4.95. The minimum atomic E-state index is -0.676. The molecule has 0 bridgehead atoms. The van der Waals surface area contributed by atoms with Crippen molar-refractivity contribution in [2.45, 2.75) is 0 Å². The van der Waals surface area contributed by atoms with E-state index in [0.29, 0.717) is 5.02 Å². The Morgan fingerprint density at radius 3 is 2.72 bits per heavy atom. The highest BCUT2D eigenvalue weighted by atomic mass is 35.5. The number of halogens is 3. The van der Waals surface area contributed by atoms with Crippen LogP contribution in [-0.2, 0) is 0 Å². The second kappa shape index (κ2) is 5.33. The summed E-state index contributed by atoms with van der Waals surface area (Å²) in [6.07, 6.45) is 0. The van der Waals surface area contributed by atoms with Crippen LogP contribution < -0.4 is 5.32 Å². The quantitative estimate of drug-likeness (QED) is 0.853. The predicted molar refractivity (Wildman–Crippen MR) is 68.6 cm³/mol. The average Bonchev–Trinajstić information content (AvgIpc) is 2.32. The summed E-state index contributed by atoms with van der Waals surface area (Å²) in [5, 5.41) is 3.08. The molecule has 0 unspecified atom stereocenters. The lowest BCUT2D eigenvalue weighted by Gasteiger charge is -2.06. The number of pyridine rings is 1. The van der Waals surface area contributed by atoms with Crippen LogP contribution in [0, 0.1) is 5.95 Å². The molecule has 1 heterocycles. The topological polar surface area (TPSA) is 42.0 Å². The van der Waals surface area contributed by atoms with E-state index in [1.165, 1.54) is 30.3 Å². The molecule has 0 saturated heterocycles. The third kappa shape index (κ3) is 2.97. The lowest BCUT2D eigenvalue weighted by Crippen LogP contribution is -2.13. The van der Waals surface area contributed by atoms with E-state index in [2.05, 4.69) is 10.3 Å². The summed E-state index contributed by atoms with van der Waals surface area (Å²) in [6, 6.07) is 8.61. The molecule has 0 spiro atoms. The summed E-state index contributed by atoms with van der Waals surface area (Å²) >= 11 is 11.6. The van der Waals surface area contributed by atoms with E-state index in [0.717, 1.165) is 0 Å². The van der Waals surface area contributed by atoms with Crippen molar-refractivity contribution in [1.82, 2.24) is 4.98 Å². The summed E-state index contributed by atoms with van der Waals surface area (Å²) in [5.41, 5.74) is 0.204. The van der Waals surface area contributed by atoms with E-state index in [1.807, 2.05) is 0 Å². The minimum Gasteiger partial charge on any atom is -0.306 e. The van der Waals surface area contributed by atoms with Gasteiger partial charge < -0.3 is 5.32 Å². The molecule has 92 valence electrons. The third-order valence-corrected chi connectivity index (χ3v) is 2.69. The van der Waals surface area contributed by atoms with E-state index in [-0.39, 0.29) is 16.4 Å². The van der Waals surface area contributed by atoms with Crippen LogP contribution in [0.2, 0.25) is 10.0 Å². The lowest BCUT2D eigenvalue weighted by molar-refractivity contribution is 0.102. The summed E-state index contributed by atoms with van der Waals surface area (Å²) < 4.78 is 12.9. The molecule has 0 atom stereocenters. The molecule has 0 fully saturated rings. The second-order valence-corrected chi connectivity index (χ2v) is 4.27. The van der Waals surface area contributed by atoms with Crippen LogP contribution in [0.25, 0.3) is 0 Å². The van der Waals surface area contributed by atoms with Crippen LogP contribution in [0.15, 0.2) is 36.4 Å². The third-order valence-electron chi connectivity index (χ3n) is 2.13. The molecule has 6 heteroatoms. The number of benzene rings is 1. The van der Waals surface area contributed by atoms with Crippen molar-refractivity contribution in [3.63, 3.8) is 0 Å². The lowest BCUT2D eigenvalue weighted by atomic mass is 10.2. The Morgan fingerprint density at radius 1 is 1.22 bits per heavy atom. The zero-order chi connectivity index (χ0) is 13.1. The van der Waals surface area contributed by atoms with Gasteiger partial charge in [-0.2, -0.15) is 4.39 Å². The van der Waals surface area contributed by atoms with Gasteiger partial charge in [0.05, 0.1) is 10.6 Å². The molecule has 1 amide bonds. The van der Waals surface area contributed by atoms with Gasteiger partial charge in [-0.05, 0) is 30.3 Å². The molecule has 1 aromatic heterocycles. The van der Waals surface area contributed by atoms with Gasteiger partial charge in [0.15, 0.2) is 0 Å². The van der Waals surface area contributed by atoms with E-state index >= 15 is 0 Å². The highest BCUT2D eigenvalue weighted by Crippen LogP contribution is 2.21. The molecular weight excluding hydrogens is 278 g/mol. The molecule has 0 aliphatic heterocycles. The van der Waals surface area contributed by atoms with Crippen LogP contribution in [0.4, 0.5) is 10.2 Å². The Morgan fingerprint density at radius 2 is 2.00 bits per heavy atom. The normalized spacial score (nSPS) is 10.2. The highest BCUT2D eigenvalue weighted by molar-refractivity contribution is 6.36. The van der Waals surface area contributed by atoms with E-state index in [4.69, 9.17) is 23.2 Å². The van der Waals surface area contributed by atoms with Crippen molar-refractivity contribution in [3.8, 4) is 0 Å². The number of amides is 1. The molecule has 0 aliphatic rings. The summed E-state index contributed by atoms with van der Waals surface area (Å²) in [6.45, 7) is 0. The maximum absolute atomic E-state index is 12.9. The fraction of sp³-hybridized carbons (Fsp3) is 0. The number of anilines is 1. The van der Waals surface area contributed by atoms with Crippen molar-refractivity contribution >= 4 is 34.9 Å². The van der Waals surface area contributed by atoms with Crippen LogP contribution >= 0.6 is 23.2 Å². The van der Waals surface area contributed by atoms with Gasteiger partial charge in [-0.1, -0.05) is 29.3 Å². The average molecular weight is 285 g/mol. The SMILES string of the molecule is O=C(Nc1cccc(F)n1)c1cc(Cl)ccc1Cl. The Bertz CT molecular complexity index is 604. The van der Waals surface area contributed by atoms with Gasteiger partial charge >= 0.3 is 0 Å². The molecule has 2 rings (SSSR count). The zero-order valence-corrected chi connectivity index (χ0v) is 10.5. The van der Waals surface area contributed by atoms with Crippen LogP contribution in [-0.4, -0.2) is 10.9 Å². The number of hydrogen-bond acceptors (Lipinski definition) is 2. The van der Waals surface area contributed by atoms with E-state index in [1.54, 1.807) is 6.07 Å². The maximum atomic E-state index is 12.9. The van der Waals surface area contributed by atoms with E-state index < -0.39 is 11.9 Å². The minimum absolute atomic E-state index is 0.107. The Labute approximate surface area is 113 Å². The number of rotatable bonds is 2. The zero-order valence-electron chi connectivity index (χ0n) is 8.95. The summed E-state index contributed by atoms with van der Waals surface area (Å²) in [4.78, 5) is 15.4. The summed E-state index contributed by atoms with van der Waals surface area (Å²) in [5.74, 6) is -1.07. The largest absolute Gasteiger partial charge is 0.306 e. The number of nitrogens with zero attached hydrogens (tertiary/aromatic N) is 1. The van der Waals surface area contributed by atoms with Gasteiger partial charge in [0, 0.05) is 5.02 Å². The van der Waals surface area contributed by atoms with Crippen molar-refractivity contribution < 1.29 is 9.18 Å². The monoisotopic (exact) mass is 284 g/mol. The van der Waals surface area contributed by atoms with Gasteiger partial charge in [-0.3, -0.25) is 4.79 Å². The van der Waals surface area contributed by atoms with Gasteiger partial charge in [0.2, 0.25) is 5.95 Å². The second-order valence-electron chi connectivity index (χ2n) is 3.42. The first kappa shape index (κ1) is 12.8. The molecule has 2 aromatic rings. The molecule has 3 nitrogen and oxygen atoms in total. The Kier molecular flexibility index (Phi) is 3.79. The smallest absolute Gasteiger partial charge is 0.258 e. The molecule has 1 aromatic carbocycles. The molecule has 1 N–H and O–H groups in total. The fourth-order valence-corrected chi connectivity index (χ4v) is 1.71. The molecule has 18 heavy (non-hydrogen) atoms. The number of carbonyl (C=O) groups excluding carboxylic acids is 1. The Hall–Kier alpha value is -1.65. The van der Waals surface area contributed by atoms with E-state index in [9.17, 15) is 9.18 Å². The number of hydrogen-bond donors (Lipinski definition) is 1. The number of carbonyl (C=O) groups is 1. The van der Waals surface area contributed by atoms with Crippen molar-refractivity contribution in [2.24, 2.45) is 0 Å². The standard InChI is InChI=1S/C12H7Cl2FN2O/c13-7-4-5-9(14)8(6-7)12(18)17-11-3-1-2-10(15)16-11/h1-6H,(H,16,17,18). The van der Waals surface area contributed by atoms with Crippen molar-refractivity contribution in [1.29, 1.82) is 0 Å². The van der Waals surface area contributed by atoms with Crippen molar-refractivity contribution in [2.75, 3.05) is 5.32 Å². The first-order valence-corrected chi connectivity index (χ1v) is 5.71. The molecule has 0 aliphatic carbocycles. The first-order chi connectivity index (χ1) is 8.56.